The van der Waals surface area contributed by atoms with Crippen LogP contribution in [-0.4, -0.2) is 39.4 Å². The molecule has 2 atom stereocenters. The van der Waals surface area contributed by atoms with Crippen LogP contribution in [0.3, 0.4) is 0 Å². The van der Waals surface area contributed by atoms with Crippen LogP contribution in [0.4, 0.5) is 4.39 Å². The highest BCUT2D eigenvalue weighted by atomic mass is 79.9. The Balaban J connectivity index is 1.44. The first-order valence-electron chi connectivity index (χ1n) is 11.3. The second-order valence-corrected chi connectivity index (χ2v) is 9.78. The molecule has 5 rings (SSSR count). The average molecular weight is 537 g/mol. The Kier molecular flexibility index (Phi) is 6.34. The fourth-order valence-electron chi connectivity index (χ4n) is 4.84. The van der Waals surface area contributed by atoms with E-state index in [-0.39, 0.29) is 29.0 Å². The zero-order valence-electron chi connectivity index (χ0n) is 18.7. The first-order valence-corrected chi connectivity index (χ1v) is 12.0. The van der Waals surface area contributed by atoms with Crippen LogP contribution in [0.2, 0.25) is 0 Å². The van der Waals surface area contributed by atoms with E-state index in [0.717, 1.165) is 12.1 Å². The fraction of sp³-hybridized carbons (Fsp3) is 0.231. The number of hydrogen-bond acceptors (Lipinski definition) is 4. The molecular formula is C26H22BrFN4O3. The van der Waals surface area contributed by atoms with Gasteiger partial charge in [-0.2, -0.15) is 0 Å². The second kappa shape index (κ2) is 9.58. The summed E-state index contributed by atoms with van der Waals surface area (Å²) in [5.74, 6) is -1.02. The van der Waals surface area contributed by atoms with Crippen LogP contribution in [0.5, 0.6) is 0 Å². The molecule has 9 heteroatoms. The number of carbonyl (C=O) groups excluding carboxylic acids is 2. The maximum absolute atomic E-state index is 13.7. The standard InChI is InChI=1S/C26H22BrFN4O3/c27-20-10-18(11-29-12-20)25(34)30-22(9-16-4-6-21(28)7-5-16)26(35)31-13-17-8-19(15-31)23-2-1-3-24(33)32(23)14-17/h1-7,9-12,17,19H,8,13-15H2,(H,30,34)/b22-9-/t17-,19+/m1/s1. The largest absolute Gasteiger partial charge is 0.336 e. The summed E-state index contributed by atoms with van der Waals surface area (Å²) in [5, 5.41) is 2.74. The minimum atomic E-state index is -0.477. The van der Waals surface area contributed by atoms with Gasteiger partial charge in [-0.25, -0.2) is 4.39 Å². The van der Waals surface area contributed by atoms with E-state index in [2.05, 4.69) is 26.2 Å². The van der Waals surface area contributed by atoms with E-state index in [1.807, 2.05) is 6.07 Å². The number of rotatable bonds is 4. The Morgan fingerprint density at radius 2 is 1.89 bits per heavy atom. The lowest BCUT2D eigenvalue weighted by atomic mass is 9.83. The molecule has 1 N–H and O–H groups in total. The third-order valence-corrected chi connectivity index (χ3v) is 6.83. The lowest BCUT2D eigenvalue weighted by Gasteiger charge is -2.43. The molecule has 0 unspecified atom stereocenters. The van der Waals surface area contributed by atoms with Crippen LogP contribution >= 0.6 is 15.9 Å². The number of aromatic nitrogens is 2. The van der Waals surface area contributed by atoms with Gasteiger partial charge in [0.1, 0.15) is 11.5 Å². The van der Waals surface area contributed by atoms with Crippen molar-refractivity contribution in [1.29, 1.82) is 0 Å². The Hall–Kier alpha value is -3.59. The number of amides is 2. The van der Waals surface area contributed by atoms with Gasteiger partial charge >= 0.3 is 0 Å². The van der Waals surface area contributed by atoms with Gasteiger partial charge in [0.25, 0.3) is 17.4 Å². The van der Waals surface area contributed by atoms with E-state index in [4.69, 9.17) is 0 Å². The number of nitrogens with one attached hydrogen (secondary N) is 1. The molecule has 1 fully saturated rings. The molecule has 2 aliphatic heterocycles. The van der Waals surface area contributed by atoms with Crippen molar-refractivity contribution in [2.24, 2.45) is 5.92 Å². The summed E-state index contributed by atoms with van der Waals surface area (Å²) in [6.45, 7) is 1.47. The van der Waals surface area contributed by atoms with Gasteiger partial charge < -0.3 is 14.8 Å². The van der Waals surface area contributed by atoms with Crippen LogP contribution in [-0.2, 0) is 11.3 Å². The van der Waals surface area contributed by atoms with Crippen LogP contribution in [0, 0.1) is 11.7 Å². The van der Waals surface area contributed by atoms with Crippen molar-refractivity contribution < 1.29 is 14.0 Å². The summed E-state index contributed by atoms with van der Waals surface area (Å²) < 4.78 is 15.9. The highest BCUT2D eigenvalue weighted by Crippen LogP contribution is 2.35. The highest BCUT2D eigenvalue weighted by Gasteiger charge is 2.37. The van der Waals surface area contributed by atoms with Crippen molar-refractivity contribution in [3.63, 3.8) is 0 Å². The molecule has 0 spiro atoms. The number of piperidine rings is 1. The van der Waals surface area contributed by atoms with Crippen LogP contribution in [0.25, 0.3) is 6.08 Å². The number of likely N-dealkylation sites (tertiary alicyclic amines) is 1. The predicted octanol–water partition coefficient (Wildman–Crippen LogP) is 3.56. The number of fused-ring (bicyclic) bond motifs is 4. The van der Waals surface area contributed by atoms with Gasteiger partial charge in [0.2, 0.25) is 0 Å². The Labute approximate surface area is 209 Å². The van der Waals surface area contributed by atoms with E-state index in [1.165, 1.54) is 18.3 Å². The lowest BCUT2D eigenvalue weighted by Crippen LogP contribution is -2.50. The molecule has 0 aliphatic carbocycles. The molecule has 2 aliphatic rings. The number of hydrogen-bond donors (Lipinski definition) is 1. The van der Waals surface area contributed by atoms with E-state index in [0.29, 0.717) is 35.2 Å². The molecule has 178 valence electrons. The SMILES string of the molecule is O=C(N/C(=C\c1ccc(F)cc1)C(=O)N1C[C@H]2C[C@@H](C1)c1cccc(=O)n1C2)c1cncc(Br)c1. The van der Waals surface area contributed by atoms with Crippen molar-refractivity contribution >= 4 is 33.8 Å². The van der Waals surface area contributed by atoms with E-state index >= 15 is 0 Å². The summed E-state index contributed by atoms with van der Waals surface area (Å²) in [7, 11) is 0. The predicted molar refractivity (Wildman–Crippen MR) is 132 cm³/mol. The van der Waals surface area contributed by atoms with Gasteiger partial charge in [-0.15, -0.1) is 0 Å². The number of pyridine rings is 2. The number of carbonyl (C=O) groups is 2. The van der Waals surface area contributed by atoms with Gasteiger partial charge in [-0.1, -0.05) is 18.2 Å². The summed E-state index contributed by atoms with van der Waals surface area (Å²) in [6, 6.07) is 12.6. The normalized spacial score (nSPS) is 19.1. The third kappa shape index (κ3) is 4.95. The lowest BCUT2D eigenvalue weighted by molar-refractivity contribution is -0.130. The molecule has 3 aromatic rings. The Morgan fingerprint density at radius 1 is 1.09 bits per heavy atom. The van der Waals surface area contributed by atoms with Crippen molar-refractivity contribution in [3.05, 3.63) is 104 Å². The van der Waals surface area contributed by atoms with Crippen molar-refractivity contribution in [1.82, 2.24) is 19.8 Å². The van der Waals surface area contributed by atoms with Gasteiger partial charge in [-0.05, 0) is 64.2 Å². The van der Waals surface area contributed by atoms with Crippen molar-refractivity contribution in [2.75, 3.05) is 13.1 Å². The zero-order chi connectivity index (χ0) is 24.5. The third-order valence-electron chi connectivity index (χ3n) is 6.39. The second-order valence-electron chi connectivity index (χ2n) is 8.86. The minimum Gasteiger partial charge on any atom is -0.336 e. The van der Waals surface area contributed by atoms with Gasteiger partial charge in [-0.3, -0.25) is 19.4 Å². The molecule has 35 heavy (non-hydrogen) atoms. The minimum absolute atomic E-state index is 0.0243. The number of halogens is 2. The summed E-state index contributed by atoms with van der Waals surface area (Å²) >= 11 is 3.30. The molecule has 1 aromatic carbocycles. The van der Waals surface area contributed by atoms with Crippen LogP contribution in [0.15, 0.2) is 75.9 Å². The molecule has 0 radical (unpaired) electrons. The van der Waals surface area contributed by atoms with Crippen molar-refractivity contribution in [2.45, 2.75) is 18.9 Å². The van der Waals surface area contributed by atoms with Crippen LogP contribution in [0.1, 0.15) is 34.0 Å². The molecule has 2 aromatic heterocycles. The fourth-order valence-corrected chi connectivity index (χ4v) is 5.20. The molecule has 4 heterocycles. The molecule has 7 nitrogen and oxygen atoms in total. The average Bonchev–Trinajstić information content (AvgIpc) is 2.85. The smallest absolute Gasteiger partial charge is 0.270 e. The van der Waals surface area contributed by atoms with Gasteiger partial charge in [0, 0.05) is 54.2 Å². The highest BCUT2D eigenvalue weighted by molar-refractivity contribution is 9.10. The molecule has 2 bridgehead atoms. The van der Waals surface area contributed by atoms with E-state index < -0.39 is 11.7 Å². The van der Waals surface area contributed by atoms with E-state index in [1.54, 1.807) is 52.1 Å². The first kappa shape index (κ1) is 23.2. The zero-order valence-corrected chi connectivity index (χ0v) is 20.2. The number of nitrogens with zero attached hydrogens (tertiary/aromatic N) is 3. The summed E-state index contributed by atoms with van der Waals surface area (Å²) in [4.78, 5) is 44.7. The molecular weight excluding hydrogens is 515 g/mol. The maximum Gasteiger partial charge on any atom is 0.270 e. The maximum atomic E-state index is 13.7. The molecule has 1 saturated heterocycles. The Bertz CT molecular complexity index is 1390. The number of benzene rings is 1. The van der Waals surface area contributed by atoms with E-state index in [9.17, 15) is 18.8 Å². The molecule has 2 amide bonds. The quantitative estimate of drug-likeness (QED) is 0.516. The monoisotopic (exact) mass is 536 g/mol. The summed E-state index contributed by atoms with van der Waals surface area (Å²) in [5.41, 5.74) is 1.87. The van der Waals surface area contributed by atoms with Gasteiger partial charge in [0.05, 0.1) is 5.56 Å². The van der Waals surface area contributed by atoms with Crippen LogP contribution < -0.4 is 10.9 Å². The molecule has 0 saturated carbocycles. The summed E-state index contributed by atoms with van der Waals surface area (Å²) in [6.07, 6.45) is 5.43. The first-order chi connectivity index (χ1) is 16.9. The Morgan fingerprint density at radius 3 is 2.66 bits per heavy atom. The topological polar surface area (TPSA) is 84.3 Å². The van der Waals surface area contributed by atoms with Gasteiger partial charge in [0.15, 0.2) is 0 Å². The van der Waals surface area contributed by atoms with Crippen molar-refractivity contribution in [3.8, 4) is 0 Å².